The van der Waals surface area contributed by atoms with Crippen molar-refractivity contribution in [3.63, 3.8) is 0 Å². The summed E-state index contributed by atoms with van der Waals surface area (Å²) in [5, 5.41) is 9.84. The normalized spacial score (nSPS) is 24.8. The predicted octanol–water partition coefficient (Wildman–Crippen LogP) is 2.06. The van der Waals surface area contributed by atoms with E-state index in [4.69, 9.17) is 10.00 Å². The van der Waals surface area contributed by atoms with Crippen molar-refractivity contribution in [2.45, 2.75) is 12.3 Å². The first kappa shape index (κ1) is 7.60. The Hall–Kier alpha value is -1.79. The summed E-state index contributed by atoms with van der Waals surface area (Å²) in [4.78, 5) is 0. The van der Waals surface area contributed by atoms with Gasteiger partial charge in [0, 0.05) is 6.20 Å². The van der Waals surface area contributed by atoms with Gasteiger partial charge in [-0.15, -0.1) is 0 Å². The van der Waals surface area contributed by atoms with Gasteiger partial charge < -0.3 is 9.30 Å². The molecular weight excluding hydrogens is 176 g/mol. The molecule has 0 spiro atoms. The Balaban J connectivity index is 2.11. The highest BCUT2D eigenvalue weighted by Gasteiger charge is 2.41. The predicted molar refractivity (Wildman–Crippen MR) is 51.5 cm³/mol. The Morgan fingerprint density at radius 1 is 1.29 bits per heavy atom. The largest absolute Gasteiger partial charge is 0.331 e. The van der Waals surface area contributed by atoms with Crippen molar-refractivity contribution >= 4 is 10.9 Å². The van der Waals surface area contributed by atoms with E-state index in [2.05, 4.69) is 12.1 Å². The summed E-state index contributed by atoms with van der Waals surface area (Å²) in [6.45, 7) is 0. The lowest BCUT2D eigenvalue weighted by molar-refractivity contribution is 0.349. The first-order chi connectivity index (χ1) is 6.90. The molecule has 0 saturated carbocycles. The van der Waals surface area contributed by atoms with Crippen LogP contribution < -0.4 is 0 Å². The van der Waals surface area contributed by atoms with Crippen molar-refractivity contribution in [2.75, 3.05) is 0 Å². The number of ether oxygens (including phenoxy) is 1. The fraction of sp³-hybridized carbons (Fsp3) is 0.182. The van der Waals surface area contributed by atoms with Crippen molar-refractivity contribution in [1.29, 1.82) is 5.26 Å². The lowest BCUT2D eigenvalue weighted by Gasteiger charge is -1.98. The van der Waals surface area contributed by atoms with Crippen LogP contribution in [0.3, 0.4) is 0 Å². The molecule has 14 heavy (non-hydrogen) atoms. The summed E-state index contributed by atoms with van der Waals surface area (Å²) in [6.07, 6.45) is 1.61. The van der Waals surface area contributed by atoms with Crippen LogP contribution in [-0.4, -0.2) is 10.7 Å². The number of hydrogen-bond donors (Lipinski definition) is 0. The Morgan fingerprint density at radius 3 is 2.93 bits per heavy atom. The molecule has 2 heterocycles. The van der Waals surface area contributed by atoms with Crippen LogP contribution >= 0.6 is 0 Å². The molecule has 0 aliphatic carbocycles. The third kappa shape index (κ3) is 0.949. The summed E-state index contributed by atoms with van der Waals surface area (Å²) >= 11 is 0. The second-order valence-corrected chi connectivity index (χ2v) is 3.36. The monoisotopic (exact) mass is 184 g/mol. The van der Waals surface area contributed by atoms with Gasteiger partial charge in [-0.25, -0.2) is 0 Å². The lowest BCUT2D eigenvalue weighted by atomic mass is 10.2. The van der Waals surface area contributed by atoms with Gasteiger partial charge in [-0.3, -0.25) is 0 Å². The zero-order valence-electron chi connectivity index (χ0n) is 7.42. The van der Waals surface area contributed by atoms with E-state index in [1.165, 1.54) is 5.39 Å². The van der Waals surface area contributed by atoms with Gasteiger partial charge in [0.2, 0.25) is 0 Å². The number of para-hydroxylation sites is 1. The molecule has 1 fully saturated rings. The molecule has 0 radical (unpaired) electrons. The summed E-state index contributed by atoms with van der Waals surface area (Å²) in [7, 11) is 0. The zero-order valence-corrected chi connectivity index (χ0v) is 7.42. The number of nitriles is 1. The van der Waals surface area contributed by atoms with Gasteiger partial charge in [-0.05, 0) is 17.5 Å². The van der Waals surface area contributed by atoms with Crippen LogP contribution in [0.4, 0.5) is 0 Å². The Labute approximate surface area is 81.1 Å². The summed E-state index contributed by atoms with van der Waals surface area (Å²) in [5.41, 5.74) is 1.12. The van der Waals surface area contributed by atoms with Crippen molar-refractivity contribution in [2.24, 2.45) is 0 Å². The number of benzene rings is 1. The molecule has 1 aliphatic rings. The van der Waals surface area contributed by atoms with E-state index >= 15 is 0 Å². The maximum Gasteiger partial charge on any atom is 0.191 e. The van der Waals surface area contributed by atoms with E-state index in [0.29, 0.717) is 0 Å². The molecule has 68 valence electrons. The summed E-state index contributed by atoms with van der Waals surface area (Å²) in [5.74, 6) is 0. The molecule has 3 heteroatoms. The van der Waals surface area contributed by atoms with Gasteiger partial charge in [-0.2, -0.15) is 5.26 Å². The van der Waals surface area contributed by atoms with E-state index in [1.54, 1.807) is 0 Å². The first-order valence-corrected chi connectivity index (χ1v) is 4.51. The van der Waals surface area contributed by atoms with E-state index < -0.39 is 0 Å². The fourth-order valence-corrected chi connectivity index (χ4v) is 1.74. The van der Waals surface area contributed by atoms with Gasteiger partial charge in [0.25, 0.3) is 0 Å². The quantitative estimate of drug-likeness (QED) is 0.636. The molecule has 0 amide bonds. The first-order valence-electron chi connectivity index (χ1n) is 4.51. The van der Waals surface area contributed by atoms with E-state index in [-0.39, 0.29) is 12.3 Å². The minimum atomic E-state index is -0.272. The highest BCUT2D eigenvalue weighted by molar-refractivity contribution is 5.80. The molecule has 1 aliphatic heterocycles. The molecule has 2 aromatic rings. The van der Waals surface area contributed by atoms with Crippen LogP contribution in [0.5, 0.6) is 0 Å². The number of aromatic nitrogens is 1. The minimum Gasteiger partial charge on any atom is -0.331 e. The van der Waals surface area contributed by atoms with Crippen molar-refractivity contribution < 1.29 is 4.74 Å². The molecule has 1 aromatic carbocycles. The van der Waals surface area contributed by atoms with Crippen molar-refractivity contribution in [1.82, 2.24) is 4.57 Å². The van der Waals surface area contributed by atoms with Crippen LogP contribution in [-0.2, 0) is 4.74 Å². The number of nitrogens with zero attached hydrogens (tertiary/aromatic N) is 2. The number of rotatable bonds is 1. The molecule has 1 saturated heterocycles. The average Bonchev–Trinajstić information content (AvgIpc) is 2.90. The topological polar surface area (TPSA) is 41.2 Å². The maximum absolute atomic E-state index is 8.66. The van der Waals surface area contributed by atoms with Crippen LogP contribution in [0, 0.1) is 11.3 Å². The molecule has 1 aromatic heterocycles. The van der Waals surface area contributed by atoms with Crippen LogP contribution in [0.2, 0.25) is 0 Å². The fourth-order valence-electron chi connectivity index (χ4n) is 1.74. The van der Waals surface area contributed by atoms with Crippen LogP contribution in [0.1, 0.15) is 6.23 Å². The minimum absolute atomic E-state index is 0.0834. The average molecular weight is 184 g/mol. The van der Waals surface area contributed by atoms with E-state index in [1.807, 2.05) is 35.0 Å². The SMILES string of the molecule is N#CC1OC1n1ccc2ccccc21. The number of hydrogen-bond acceptors (Lipinski definition) is 2. The van der Waals surface area contributed by atoms with E-state index in [9.17, 15) is 0 Å². The number of fused-ring (bicyclic) bond motifs is 1. The Kier molecular flexibility index (Phi) is 1.41. The highest BCUT2D eigenvalue weighted by atomic mass is 16.6. The second-order valence-electron chi connectivity index (χ2n) is 3.36. The standard InChI is InChI=1S/C11H8N2O/c12-7-10-11(14-10)13-6-5-8-3-1-2-4-9(8)13/h1-6,10-11H. The summed E-state index contributed by atoms with van der Waals surface area (Å²) in [6, 6.07) is 12.2. The smallest absolute Gasteiger partial charge is 0.191 e. The molecule has 0 N–H and O–H groups in total. The molecular formula is C11H8N2O. The highest BCUT2D eigenvalue weighted by Crippen LogP contribution is 2.35. The molecule has 2 unspecified atom stereocenters. The lowest BCUT2D eigenvalue weighted by Crippen LogP contribution is -1.94. The van der Waals surface area contributed by atoms with Gasteiger partial charge in [-0.1, -0.05) is 18.2 Å². The van der Waals surface area contributed by atoms with E-state index in [0.717, 1.165) is 5.52 Å². The van der Waals surface area contributed by atoms with Gasteiger partial charge >= 0.3 is 0 Å². The molecule has 3 rings (SSSR count). The molecule has 0 bridgehead atoms. The third-order valence-corrected chi connectivity index (χ3v) is 2.50. The van der Waals surface area contributed by atoms with Gasteiger partial charge in [0.05, 0.1) is 11.6 Å². The van der Waals surface area contributed by atoms with Crippen LogP contribution in [0.15, 0.2) is 36.5 Å². The van der Waals surface area contributed by atoms with Gasteiger partial charge in [0.15, 0.2) is 12.3 Å². The Bertz CT molecular complexity index is 523. The van der Waals surface area contributed by atoms with Crippen LogP contribution in [0.25, 0.3) is 10.9 Å². The zero-order chi connectivity index (χ0) is 9.54. The second kappa shape index (κ2) is 2.60. The third-order valence-electron chi connectivity index (χ3n) is 2.50. The summed E-state index contributed by atoms with van der Waals surface area (Å²) < 4.78 is 7.22. The van der Waals surface area contributed by atoms with Gasteiger partial charge in [0.1, 0.15) is 0 Å². The molecule has 3 nitrogen and oxygen atoms in total. The Morgan fingerprint density at radius 2 is 2.14 bits per heavy atom. The molecule has 2 atom stereocenters. The van der Waals surface area contributed by atoms with Crippen molar-refractivity contribution in [3.8, 4) is 6.07 Å². The van der Waals surface area contributed by atoms with Crippen molar-refractivity contribution in [3.05, 3.63) is 36.5 Å². The maximum atomic E-state index is 8.66. The number of epoxide rings is 1.